The SMILES string of the molecule is Fc1ccc(CN2CCN(CC3CC=CCC3)CC2)cc1. The van der Waals surface area contributed by atoms with Gasteiger partial charge in [-0.2, -0.15) is 0 Å². The first kappa shape index (κ1) is 14.7. The van der Waals surface area contributed by atoms with Gasteiger partial charge in [0.2, 0.25) is 0 Å². The second-order valence-electron chi connectivity index (χ2n) is 6.35. The molecule has 1 aromatic rings. The van der Waals surface area contributed by atoms with Gasteiger partial charge in [0.25, 0.3) is 0 Å². The van der Waals surface area contributed by atoms with Crippen LogP contribution in [0, 0.1) is 11.7 Å². The molecule has 1 saturated heterocycles. The van der Waals surface area contributed by atoms with Crippen molar-refractivity contribution in [3.63, 3.8) is 0 Å². The summed E-state index contributed by atoms with van der Waals surface area (Å²) in [5.41, 5.74) is 1.21. The molecule has 3 heteroatoms. The molecule has 2 aliphatic rings. The van der Waals surface area contributed by atoms with E-state index in [2.05, 4.69) is 22.0 Å². The zero-order chi connectivity index (χ0) is 14.5. The third-order valence-corrected chi connectivity index (χ3v) is 4.68. The van der Waals surface area contributed by atoms with E-state index in [0.29, 0.717) is 0 Å². The number of nitrogens with zero attached hydrogens (tertiary/aromatic N) is 2. The zero-order valence-electron chi connectivity index (χ0n) is 12.7. The minimum absolute atomic E-state index is 0.148. The molecule has 1 atom stereocenters. The maximum absolute atomic E-state index is 12.9. The van der Waals surface area contributed by atoms with Gasteiger partial charge in [-0.05, 0) is 42.9 Å². The maximum Gasteiger partial charge on any atom is 0.123 e. The molecule has 1 aliphatic heterocycles. The molecule has 1 aliphatic carbocycles. The monoisotopic (exact) mass is 288 g/mol. The summed E-state index contributed by atoms with van der Waals surface area (Å²) in [6.45, 7) is 6.79. The molecule has 1 fully saturated rings. The van der Waals surface area contributed by atoms with Crippen LogP contribution < -0.4 is 0 Å². The zero-order valence-corrected chi connectivity index (χ0v) is 12.7. The third kappa shape index (κ3) is 4.39. The number of benzene rings is 1. The Morgan fingerprint density at radius 1 is 0.952 bits per heavy atom. The lowest BCUT2D eigenvalue weighted by Crippen LogP contribution is -2.47. The van der Waals surface area contributed by atoms with Gasteiger partial charge in [0.05, 0.1) is 0 Å². The largest absolute Gasteiger partial charge is 0.301 e. The van der Waals surface area contributed by atoms with E-state index in [0.717, 1.165) is 25.6 Å². The quantitative estimate of drug-likeness (QED) is 0.784. The van der Waals surface area contributed by atoms with Crippen LogP contribution in [0.4, 0.5) is 4.39 Å². The Kier molecular flexibility index (Phi) is 5.04. The van der Waals surface area contributed by atoms with Gasteiger partial charge in [-0.1, -0.05) is 24.3 Å². The van der Waals surface area contributed by atoms with Gasteiger partial charge >= 0.3 is 0 Å². The summed E-state index contributed by atoms with van der Waals surface area (Å²) in [7, 11) is 0. The highest BCUT2D eigenvalue weighted by Crippen LogP contribution is 2.20. The van der Waals surface area contributed by atoms with E-state index in [4.69, 9.17) is 0 Å². The van der Waals surface area contributed by atoms with Crippen molar-refractivity contribution < 1.29 is 4.39 Å². The van der Waals surface area contributed by atoms with Crippen LogP contribution in [0.15, 0.2) is 36.4 Å². The van der Waals surface area contributed by atoms with Crippen LogP contribution >= 0.6 is 0 Å². The Labute approximate surface area is 127 Å². The molecular formula is C18H25FN2. The number of allylic oxidation sites excluding steroid dienone is 2. The maximum atomic E-state index is 12.9. The van der Waals surface area contributed by atoms with Crippen LogP contribution in [0.5, 0.6) is 0 Å². The highest BCUT2D eigenvalue weighted by Gasteiger charge is 2.20. The summed E-state index contributed by atoms with van der Waals surface area (Å²) in [4.78, 5) is 5.09. The third-order valence-electron chi connectivity index (χ3n) is 4.68. The smallest absolute Gasteiger partial charge is 0.123 e. The molecule has 0 aromatic heterocycles. The minimum atomic E-state index is -0.148. The predicted octanol–water partition coefficient (Wildman–Crippen LogP) is 3.30. The van der Waals surface area contributed by atoms with Crippen LogP contribution in [0.25, 0.3) is 0 Å². The van der Waals surface area contributed by atoms with Crippen LogP contribution in [0.2, 0.25) is 0 Å². The number of piperazine rings is 1. The molecule has 1 aromatic carbocycles. The number of halogens is 1. The van der Waals surface area contributed by atoms with Crippen molar-refractivity contribution in [2.75, 3.05) is 32.7 Å². The normalized spacial score (nSPS) is 24.3. The second kappa shape index (κ2) is 7.19. The average Bonchev–Trinajstić information content (AvgIpc) is 2.53. The van der Waals surface area contributed by atoms with E-state index in [-0.39, 0.29) is 5.82 Å². The lowest BCUT2D eigenvalue weighted by Gasteiger charge is -2.36. The molecule has 0 spiro atoms. The molecule has 3 rings (SSSR count). The Morgan fingerprint density at radius 2 is 1.67 bits per heavy atom. The van der Waals surface area contributed by atoms with Gasteiger partial charge in [0.15, 0.2) is 0 Å². The second-order valence-corrected chi connectivity index (χ2v) is 6.35. The Bertz CT molecular complexity index is 461. The van der Waals surface area contributed by atoms with Gasteiger partial charge in [-0.15, -0.1) is 0 Å². The molecule has 0 N–H and O–H groups in total. The Morgan fingerprint density at radius 3 is 2.33 bits per heavy atom. The molecule has 0 saturated carbocycles. The fourth-order valence-electron chi connectivity index (χ4n) is 3.37. The summed E-state index contributed by atoms with van der Waals surface area (Å²) >= 11 is 0. The van der Waals surface area contributed by atoms with E-state index in [1.807, 2.05) is 12.1 Å². The molecule has 1 heterocycles. The van der Waals surface area contributed by atoms with Gasteiger partial charge in [-0.3, -0.25) is 4.90 Å². The number of hydrogen-bond acceptors (Lipinski definition) is 2. The molecule has 0 bridgehead atoms. The first-order valence-electron chi connectivity index (χ1n) is 8.14. The standard InChI is InChI=1S/C18H25FN2/c19-18-8-6-17(7-9-18)15-21-12-10-20(11-13-21)14-16-4-2-1-3-5-16/h1-2,6-9,16H,3-5,10-15H2. The Balaban J connectivity index is 1.42. The van der Waals surface area contributed by atoms with Gasteiger partial charge in [0.1, 0.15) is 5.82 Å². The van der Waals surface area contributed by atoms with Crippen molar-refractivity contribution in [3.05, 3.63) is 47.8 Å². The topological polar surface area (TPSA) is 6.48 Å². The van der Waals surface area contributed by atoms with Crippen molar-refractivity contribution in [1.82, 2.24) is 9.80 Å². The van der Waals surface area contributed by atoms with E-state index in [9.17, 15) is 4.39 Å². The van der Waals surface area contributed by atoms with Gasteiger partial charge < -0.3 is 4.90 Å². The van der Waals surface area contributed by atoms with Crippen LogP contribution in [-0.2, 0) is 6.54 Å². The van der Waals surface area contributed by atoms with E-state index < -0.39 is 0 Å². The van der Waals surface area contributed by atoms with Crippen molar-refractivity contribution in [2.45, 2.75) is 25.8 Å². The van der Waals surface area contributed by atoms with E-state index >= 15 is 0 Å². The first-order chi connectivity index (χ1) is 10.3. The molecule has 0 radical (unpaired) electrons. The van der Waals surface area contributed by atoms with Crippen molar-refractivity contribution in [3.8, 4) is 0 Å². The lowest BCUT2D eigenvalue weighted by atomic mass is 9.94. The van der Waals surface area contributed by atoms with Crippen LogP contribution in [0.3, 0.4) is 0 Å². The molecule has 2 nitrogen and oxygen atoms in total. The molecule has 1 unspecified atom stereocenters. The highest BCUT2D eigenvalue weighted by molar-refractivity contribution is 5.15. The predicted molar refractivity (Wildman–Crippen MR) is 84.6 cm³/mol. The summed E-state index contributed by atoms with van der Waals surface area (Å²) in [6.07, 6.45) is 8.54. The van der Waals surface area contributed by atoms with Crippen LogP contribution in [0.1, 0.15) is 24.8 Å². The molecular weight excluding hydrogens is 263 g/mol. The van der Waals surface area contributed by atoms with Gasteiger partial charge in [0, 0.05) is 39.3 Å². The fraction of sp³-hybridized carbons (Fsp3) is 0.556. The number of rotatable bonds is 4. The van der Waals surface area contributed by atoms with Gasteiger partial charge in [-0.25, -0.2) is 4.39 Å². The van der Waals surface area contributed by atoms with E-state index in [1.165, 1.54) is 44.5 Å². The molecule has 21 heavy (non-hydrogen) atoms. The highest BCUT2D eigenvalue weighted by atomic mass is 19.1. The number of hydrogen-bond donors (Lipinski definition) is 0. The fourth-order valence-corrected chi connectivity index (χ4v) is 3.37. The van der Waals surface area contributed by atoms with Crippen LogP contribution in [-0.4, -0.2) is 42.5 Å². The van der Waals surface area contributed by atoms with Crippen molar-refractivity contribution in [1.29, 1.82) is 0 Å². The Hall–Kier alpha value is -1.19. The summed E-state index contributed by atoms with van der Waals surface area (Å²) in [6, 6.07) is 6.91. The summed E-state index contributed by atoms with van der Waals surface area (Å²) < 4.78 is 12.9. The minimum Gasteiger partial charge on any atom is -0.301 e. The van der Waals surface area contributed by atoms with Crippen molar-refractivity contribution >= 4 is 0 Å². The first-order valence-corrected chi connectivity index (χ1v) is 8.14. The summed E-state index contributed by atoms with van der Waals surface area (Å²) in [5.74, 6) is 0.712. The summed E-state index contributed by atoms with van der Waals surface area (Å²) in [5, 5.41) is 0. The lowest BCUT2D eigenvalue weighted by molar-refractivity contribution is 0.111. The van der Waals surface area contributed by atoms with E-state index in [1.54, 1.807) is 12.1 Å². The van der Waals surface area contributed by atoms with Crippen molar-refractivity contribution in [2.24, 2.45) is 5.92 Å². The average molecular weight is 288 g/mol. The molecule has 0 amide bonds. The molecule has 114 valence electrons.